The lowest BCUT2D eigenvalue weighted by molar-refractivity contribution is 0.738. The van der Waals surface area contributed by atoms with Gasteiger partial charge in [-0.15, -0.1) is 0 Å². The van der Waals surface area contributed by atoms with E-state index in [0.717, 1.165) is 6.42 Å². The van der Waals surface area contributed by atoms with Gasteiger partial charge in [-0.05, 0) is 68.4 Å². The molecule has 0 spiro atoms. The molecule has 0 radical (unpaired) electrons. The maximum absolute atomic E-state index is 5.94. The first-order valence-corrected chi connectivity index (χ1v) is 6.53. The Morgan fingerprint density at radius 1 is 1.29 bits per heavy atom. The molecule has 90 valence electrons. The van der Waals surface area contributed by atoms with Crippen molar-refractivity contribution in [1.29, 1.82) is 0 Å². The van der Waals surface area contributed by atoms with Crippen molar-refractivity contribution in [2.75, 3.05) is 0 Å². The standard InChI is InChI=1S/C15H20N2/c1-9(16)6-13-10(2)17-15-8-12-5-3-4-11(12)7-14(13)15/h7-9,17H,3-6,16H2,1-2H3. The minimum atomic E-state index is 0.223. The lowest BCUT2D eigenvalue weighted by Crippen LogP contribution is -2.18. The lowest BCUT2D eigenvalue weighted by atomic mass is 10.0. The molecule has 3 rings (SSSR count). The van der Waals surface area contributed by atoms with Crippen molar-refractivity contribution in [2.45, 2.75) is 45.6 Å². The first-order valence-electron chi connectivity index (χ1n) is 6.53. The first kappa shape index (κ1) is 10.8. The quantitative estimate of drug-likeness (QED) is 0.815. The van der Waals surface area contributed by atoms with Crippen LogP contribution in [0.3, 0.4) is 0 Å². The average Bonchev–Trinajstić information content (AvgIpc) is 2.81. The molecule has 1 aromatic heterocycles. The van der Waals surface area contributed by atoms with Gasteiger partial charge >= 0.3 is 0 Å². The fraction of sp³-hybridized carbons (Fsp3) is 0.467. The summed E-state index contributed by atoms with van der Waals surface area (Å²) >= 11 is 0. The summed E-state index contributed by atoms with van der Waals surface area (Å²) in [6, 6.07) is 4.95. The molecule has 17 heavy (non-hydrogen) atoms. The van der Waals surface area contributed by atoms with E-state index in [2.05, 4.69) is 31.0 Å². The van der Waals surface area contributed by atoms with Gasteiger partial charge in [0.1, 0.15) is 0 Å². The number of H-pyrrole nitrogens is 1. The van der Waals surface area contributed by atoms with E-state index in [1.54, 1.807) is 5.56 Å². The van der Waals surface area contributed by atoms with Crippen LogP contribution in [0.1, 0.15) is 35.7 Å². The zero-order chi connectivity index (χ0) is 12.0. The molecule has 3 N–H and O–H groups in total. The van der Waals surface area contributed by atoms with E-state index in [0.29, 0.717) is 0 Å². The molecule has 2 aromatic rings. The monoisotopic (exact) mass is 228 g/mol. The van der Waals surface area contributed by atoms with Crippen molar-refractivity contribution < 1.29 is 0 Å². The van der Waals surface area contributed by atoms with Gasteiger partial charge in [-0.2, -0.15) is 0 Å². The van der Waals surface area contributed by atoms with Gasteiger partial charge in [0.05, 0.1) is 0 Å². The Morgan fingerprint density at radius 3 is 2.71 bits per heavy atom. The summed E-state index contributed by atoms with van der Waals surface area (Å²) in [4.78, 5) is 3.51. The smallest absolute Gasteiger partial charge is 0.0461 e. The Kier molecular flexibility index (Phi) is 2.48. The molecule has 0 amide bonds. The predicted octanol–water partition coefficient (Wildman–Crippen LogP) is 2.85. The van der Waals surface area contributed by atoms with Crippen molar-refractivity contribution in [1.82, 2.24) is 4.98 Å². The van der Waals surface area contributed by atoms with Gasteiger partial charge in [0.15, 0.2) is 0 Å². The average molecular weight is 228 g/mol. The fourth-order valence-electron chi connectivity index (χ4n) is 3.04. The van der Waals surface area contributed by atoms with Crippen LogP contribution in [-0.2, 0) is 19.3 Å². The van der Waals surface area contributed by atoms with Gasteiger partial charge < -0.3 is 10.7 Å². The molecule has 1 unspecified atom stereocenters. The Balaban J connectivity index is 2.18. The molecule has 2 heteroatoms. The van der Waals surface area contributed by atoms with Gasteiger partial charge in [-0.1, -0.05) is 0 Å². The highest BCUT2D eigenvalue weighted by molar-refractivity contribution is 5.86. The van der Waals surface area contributed by atoms with Gasteiger partial charge in [-0.3, -0.25) is 0 Å². The van der Waals surface area contributed by atoms with Crippen LogP contribution in [0.2, 0.25) is 0 Å². The molecule has 1 aliphatic carbocycles. The number of fused-ring (bicyclic) bond motifs is 2. The second-order valence-corrected chi connectivity index (χ2v) is 5.43. The molecule has 0 saturated carbocycles. The molecule has 0 saturated heterocycles. The minimum Gasteiger partial charge on any atom is -0.358 e. The number of aromatic amines is 1. The van der Waals surface area contributed by atoms with Gasteiger partial charge in [-0.25, -0.2) is 0 Å². The molecule has 1 aliphatic rings. The van der Waals surface area contributed by atoms with Crippen molar-refractivity contribution in [3.8, 4) is 0 Å². The molecular weight excluding hydrogens is 208 g/mol. The molecule has 1 atom stereocenters. The number of benzene rings is 1. The Labute approximate surface area is 102 Å². The maximum atomic E-state index is 5.94. The van der Waals surface area contributed by atoms with Crippen LogP contribution >= 0.6 is 0 Å². The lowest BCUT2D eigenvalue weighted by Gasteiger charge is -2.06. The molecule has 1 heterocycles. The molecule has 2 nitrogen and oxygen atoms in total. The normalized spacial score (nSPS) is 16.4. The highest BCUT2D eigenvalue weighted by atomic mass is 14.7. The first-order chi connectivity index (χ1) is 8.15. The van der Waals surface area contributed by atoms with Crippen LogP contribution in [0.4, 0.5) is 0 Å². The van der Waals surface area contributed by atoms with E-state index >= 15 is 0 Å². The summed E-state index contributed by atoms with van der Waals surface area (Å²) in [7, 11) is 0. The SMILES string of the molecule is Cc1[nH]c2cc3c(cc2c1CC(C)N)CCC3. The van der Waals surface area contributed by atoms with Crippen LogP contribution in [0.5, 0.6) is 0 Å². The molecule has 0 aliphatic heterocycles. The van der Waals surface area contributed by atoms with Crippen LogP contribution in [0.15, 0.2) is 12.1 Å². The molecular formula is C15H20N2. The minimum absolute atomic E-state index is 0.223. The summed E-state index contributed by atoms with van der Waals surface area (Å²) in [5.74, 6) is 0. The summed E-state index contributed by atoms with van der Waals surface area (Å²) < 4.78 is 0. The zero-order valence-corrected chi connectivity index (χ0v) is 10.6. The van der Waals surface area contributed by atoms with E-state index in [1.807, 2.05) is 0 Å². The van der Waals surface area contributed by atoms with Gasteiger partial charge in [0, 0.05) is 22.6 Å². The number of aromatic nitrogens is 1. The molecule has 0 fully saturated rings. The van der Waals surface area contributed by atoms with Crippen molar-refractivity contribution >= 4 is 10.9 Å². The van der Waals surface area contributed by atoms with E-state index in [-0.39, 0.29) is 6.04 Å². The molecule has 1 aromatic carbocycles. The summed E-state index contributed by atoms with van der Waals surface area (Å²) in [5.41, 5.74) is 13.0. The van der Waals surface area contributed by atoms with Crippen LogP contribution in [-0.4, -0.2) is 11.0 Å². The van der Waals surface area contributed by atoms with Crippen molar-refractivity contribution in [2.24, 2.45) is 5.73 Å². The van der Waals surface area contributed by atoms with Crippen LogP contribution in [0, 0.1) is 6.92 Å². The third kappa shape index (κ3) is 1.77. The van der Waals surface area contributed by atoms with Crippen LogP contribution < -0.4 is 5.73 Å². The topological polar surface area (TPSA) is 41.8 Å². The zero-order valence-electron chi connectivity index (χ0n) is 10.6. The highest BCUT2D eigenvalue weighted by Gasteiger charge is 2.16. The van der Waals surface area contributed by atoms with Gasteiger partial charge in [0.2, 0.25) is 0 Å². The Morgan fingerprint density at radius 2 is 2.00 bits per heavy atom. The summed E-state index contributed by atoms with van der Waals surface area (Å²) in [6.07, 6.45) is 4.76. The number of hydrogen-bond acceptors (Lipinski definition) is 1. The second-order valence-electron chi connectivity index (χ2n) is 5.43. The van der Waals surface area contributed by atoms with Gasteiger partial charge in [0.25, 0.3) is 0 Å². The number of rotatable bonds is 2. The van der Waals surface area contributed by atoms with E-state index in [4.69, 9.17) is 5.73 Å². The number of nitrogens with one attached hydrogen (secondary N) is 1. The Bertz CT molecular complexity index is 564. The fourth-order valence-corrected chi connectivity index (χ4v) is 3.04. The number of nitrogens with two attached hydrogens (primary N) is 1. The summed E-state index contributed by atoms with van der Waals surface area (Å²) in [6.45, 7) is 4.23. The van der Waals surface area contributed by atoms with E-state index < -0.39 is 0 Å². The number of aryl methyl sites for hydroxylation is 3. The third-order valence-corrected chi connectivity index (χ3v) is 3.86. The van der Waals surface area contributed by atoms with Crippen LogP contribution in [0.25, 0.3) is 10.9 Å². The number of hydrogen-bond donors (Lipinski definition) is 2. The Hall–Kier alpha value is -1.28. The molecule has 0 bridgehead atoms. The predicted molar refractivity (Wildman–Crippen MR) is 72.4 cm³/mol. The highest BCUT2D eigenvalue weighted by Crippen LogP contribution is 2.30. The van der Waals surface area contributed by atoms with E-state index in [1.165, 1.54) is 47.0 Å². The van der Waals surface area contributed by atoms with Crippen molar-refractivity contribution in [3.05, 3.63) is 34.5 Å². The maximum Gasteiger partial charge on any atom is 0.0461 e. The second kappa shape index (κ2) is 3.88. The van der Waals surface area contributed by atoms with E-state index in [9.17, 15) is 0 Å². The largest absolute Gasteiger partial charge is 0.358 e. The van der Waals surface area contributed by atoms with Crippen molar-refractivity contribution in [3.63, 3.8) is 0 Å². The summed E-state index contributed by atoms with van der Waals surface area (Å²) in [5, 5.41) is 1.39. The third-order valence-electron chi connectivity index (χ3n) is 3.86.